The van der Waals surface area contributed by atoms with Crippen LogP contribution in [-0.2, 0) is 6.42 Å². The van der Waals surface area contributed by atoms with Gasteiger partial charge in [-0.2, -0.15) is 0 Å². The summed E-state index contributed by atoms with van der Waals surface area (Å²) in [5.41, 5.74) is 4.11. The molecule has 7 rings (SSSR count). The molecular weight excluding hydrogens is 561 g/mol. The van der Waals surface area contributed by atoms with Gasteiger partial charge in [0.05, 0.1) is 5.52 Å². The van der Waals surface area contributed by atoms with E-state index in [-0.39, 0.29) is 5.91 Å². The summed E-state index contributed by atoms with van der Waals surface area (Å²) in [6.07, 6.45) is 3.97. The van der Waals surface area contributed by atoms with E-state index in [9.17, 15) is 4.79 Å². The number of nitrogens with zero attached hydrogens (tertiary/aromatic N) is 2. The lowest BCUT2D eigenvalue weighted by atomic mass is 9.94. The van der Waals surface area contributed by atoms with E-state index >= 15 is 0 Å². The number of fused-ring (bicyclic) bond motifs is 3. The summed E-state index contributed by atoms with van der Waals surface area (Å²) < 4.78 is 7.85. The molecule has 2 aromatic heterocycles. The minimum absolute atomic E-state index is 0.0375. The second kappa shape index (κ2) is 12.5. The van der Waals surface area contributed by atoms with Crippen LogP contribution >= 0.6 is 11.3 Å². The molecule has 0 fully saturated rings. The molecule has 0 aliphatic carbocycles. The number of carbonyl (C=O) groups is 1. The highest BCUT2D eigenvalue weighted by atomic mass is 32.1. The van der Waals surface area contributed by atoms with Crippen LogP contribution in [0.15, 0.2) is 127 Å². The monoisotopic (exact) mass is 594 g/mol. The van der Waals surface area contributed by atoms with Crippen LogP contribution < -0.4 is 4.74 Å². The molecule has 0 atom stereocenters. The maximum absolute atomic E-state index is 13.3. The van der Waals surface area contributed by atoms with Gasteiger partial charge in [-0.25, -0.2) is 0 Å². The van der Waals surface area contributed by atoms with Crippen molar-refractivity contribution in [3.05, 3.63) is 138 Å². The fraction of sp³-hybridized carbons (Fsp3) is 0.154. The molecule has 0 N–H and O–H groups in total. The largest absolute Gasteiger partial charge is 0.492 e. The zero-order valence-electron chi connectivity index (χ0n) is 24.8. The second-order valence-corrected chi connectivity index (χ2v) is 12.3. The van der Waals surface area contributed by atoms with Crippen molar-refractivity contribution in [1.82, 2.24) is 9.47 Å². The van der Waals surface area contributed by atoms with E-state index in [0.29, 0.717) is 12.2 Å². The van der Waals surface area contributed by atoms with E-state index in [0.717, 1.165) is 48.1 Å². The fourth-order valence-electron chi connectivity index (χ4n) is 6.08. The van der Waals surface area contributed by atoms with Gasteiger partial charge in [0.15, 0.2) is 0 Å². The first-order valence-corrected chi connectivity index (χ1v) is 16.0. The van der Waals surface area contributed by atoms with Crippen molar-refractivity contribution >= 4 is 49.7 Å². The molecule has 2 heterocycles. The average Bonchev–Trinajstić information content (AvgIpc) is 3.75. The Morgan fingerprint density at radius 3 is 2.25 bits per heavy atom. The van der Waals surface area contributed by atoms with E-state index in [2.05, 4.69) is 78.0 Å². The SMILES string of the molecule is CN(CCCc1c2ccccc2cc2ccccc12)CCOc1ccc2c(ccn2C(=O)c2ccc(-c3cccs3)cc2)c1. The Morgan fingerprint density at radius 1 is 0.773 bits per heavy atom. The summed E-state index contributed by atoms with van der Waals surface area (Å²) in [6, 6.07) is 39.6. The molecule has 5 aromatic carbocycles. The average molecular weight is 595 g/mol. The van der Waals surface area contributed by atoms with E-state index in [4.69, 9.17) is 4.74 Å². The van der Waals surface area contributed by atoms with E-state index < -0.39 is 0 Å². The van der Waals surface area contributed by atoms with Crippen molar-refractivity contribution in [3.63, 3.8) is 0 Å². The van der Waals surface area contributed by atoms with E-state index in [1.54, 1.807) is 15.9 Å². The predicted molar refractivity (Wildman–Crippen MR) is 184 cm³/mol. The van der Waals surface area contributed by atoms with Gasteiger partial charge in [0.1, 0.15) is 12.4 Å². The van der Waals surface area contributed by atoms with Gasteiger partial charge in [-0.1, -0.05) is 66.7 Å². The first-order valence-electron chi connectivity index (χ1n) is 15.1. The number of hydrogen-bond acceptors (Lipinski definition) is 4. The number of rotatable bonds is 10. The van der Waals surface area contributed by atoms with Crippen molar-refractivity contribution in [2.24, 2.45) is 0 Å². The Morgan fingerprint density at radius 2 is 1.52 bits per heavy atom. The molecular formula is C39H34N2O2S. The van der Waals surface area contributed by atoms with E-state index in [1.165, 1.54) is 32.0 Å². The normalized spacial score (nSPS) is 11.6. The van der Waals surface area contributed by atoms with Crippen molar-refractivity contribution in [2.75, 3.05) is 26.7 Å². The molecule has 7 aromatic rings. The highest BCUT2D eigenvalue weighted by Gasteiger charge is 2.13. The Hall–Kier alpha value is -4.71. The number of benzene rings is 5. The molecule has 0 radical (unpaired) electrons. The number of likely N-dealkylation sites (N-methyl/N-ethyl adjacent to an activating group) is 1. The van der Waals surface area contributed by atoms with Crippen molar-refractivity contribution < 1.29 is 9.53 Å². The standard InChI is InChI=1S/C39H34N2O2S/c1-40(21-6-12-36-34-10-4-2-8-30(34)26-31-9-3-5-11-35(31)36)23-24-43-33-18-19-37-32(27-33)20-22-41(37)39(42)29-16-14-28(15-17-29)38-13-7-25-44-38/h2-5,7-11,13-20,22,25-27H,6,12,21,23-24H2,1H3. The highest BCUT2D eigenvalue weighted by Crippen LogP contribution is 2.30. The van der Waals surface area contributed by atoms with Crippen LogP contribution in [-0.4, -0.2) is 42.1 Å². The van der Waals surface area contributed by atoms with Crippen LogP contribution in [0, 0.1) is 0 Å². The number of ether oxygens (including phenoxy) is 1. The molecule has 0 amide bonds. The molecule has 0 unspecified atom stereocenters. The van der Waals surface area contributed by atoms with Crippen LogP contribution in [0.3, 0.4) is 0 Å². The van der Waals surface area contributed by atoms with Crippen LogP contribution in [0.1, 0.15) is 22.3 Å². The number of carbonyl (C=O) groups excluding carboxylic acids is 1. The topological polar surface area (TPSA) is 34.5 Å². The van der Waals surface area contributed by atoms with Crippen molar-refractivity contribution in [1.29, 1.82) is 0 Å². The van der Waals surface area contributed by atoms with Crippen LogP contribution in [0.2, 0.25) is 0 Å². The second-order valence-electron chi connectivity index (χ2n) is 11.3. The van der Waals surface area contributed by atoms with Crippen LogP contribution in [0.5, 0.6) is 5.75 Å². The lowest BCUT2D eigenvalue weighted by molar-refractivity contribution is 0.0965. The lowest BCUT2D eigenvalue weighted by Gasteiger charge is -2.18. The quantitative estimate of drug-likeness (QED) is 0.148. The smallest absolute Gasteiger partial charge is 0.262 e. The molecule has 0 saturated carbocycles. The van der Waals surface area contributed by atoms with Crippen LogP contribution in [0.25, 0.3) is 42.9 Å². The van der Waals surface area contributed by atoms with Gasteiger partial charge in [-0.3, -0.25) is 9.36 Å². The molecule has 0 aliphatic rings. The van der Waals surface area contributed by atoms with E-state index in [1.807, 2.05) is 60.8 Å². The first-order chi connectivity index (χ1) is 21.6. The third kappa shape index (κ3) is 5.77. The lowest BCUT2D eigenvalue weighted by Crippen LogP contribution is -2.25. The fourth-order valence-corrected chi connectivity index (χ4v) is 6.81. The molecule has 0 spiro atoms. The molecule has 44 heavy (non-hydrogen) atoms. The Balaban J connectivity index is 0.941. The zero-order valence-corrected chi connectivity index (χ0v) is 25.6. The summed E-state index contributed by atoms with van der Waals surface area (Å²) in [4.78, 5) is 16.8. The third-order valence-corrected chi connectivity index (χ3v) is 9.33. The van der Waals surface area contributed by atoms with Crippen LogP contribution in [0.4, 0.5) is 0 Å². The summed E-state index contributed by atoms with van der Waals surface area (Å²) in [5.74, 6) is 0.781. The summed E-state index contributed by atoms with van der Waals surface area (Å²) in [7, 11) is 2.16. The van der Waals surface area contributed by atoms with Crippen molar-refractivity contribution in [3.8, 4) is 16.2 Å². The minimum atomic E-state index is -0.0375. The van der Waals surface area contributed by atoms with Gasteiger partial charge in [0, 0.05) is 28.6 Å². The number of thiophene rings is 1. The Labute approximate surface area is 261 Å². The predicted octanol–water partition coefficient (Wildman–Crippen LogP) is 9.31. The van der Waals surface area contributed by atoms with Gasteiger partial charge in [-0.05, 0) is 113 Å². The molecule has 0 saturated heterocycles. The third-order valence-electron chi connectivity index (χ3n) is 8.41. The van der Waals surface area contributed by atoms with Gasteiger partial charge in [0.2, 0.25) is 0 Å². The van der Waals surface area contributed by atoms with Gasteiger partial charge < -0.3 is 9.64 Å². The molecule has 218 valence electrons. The maximum atomic E-state index is 13.3. The molecule has 0 aliphatic heterocycles. The molecule has 0 bridgehead atoms. The summed E-state index contributed by atoms with van der Waals surface area (Å²) >= 11 is 1.70. The zero-order chi connectivity index (χ0) is 29.9. The van der Waals surface area contributed by atoms with Gasteiger partial charge >= 0.3 is 0 Å². The van der Waals surface area contributed by atoms with Gasteiger partial charge in [-0.15, -0.1) is 11.3 Å². The molecule has 5 heteroatoms. The van der Waals surface area contributed by atoms with Gasteiger partial charge in [0.25, 0.3) is 5.91 Å². The number of hydrogen-bond donors (Lipinski definition) is 0. The summed E-state index contributed by atoms with van der Waals surface area (Å²) in [6.45, 7) is 2.45. The molecule has 4 nitrogen and oxygen atoms in total. The Bertz CT molecular complexity index is 2000. The number of aryl methyl sites for hydroxylation is 1. The summed E-state index contributed by atoms with van der Waals surface area (Å²) in [5, 5.41) is 8.38. The Kier molecular flexibility index (Phi) is 7.97. The van der Waals surface area contributed by atoms with Crippen molar-refractivity contribution in [2.45, 2.75) is 12.8 Å². The highest BCUT2D eigenvalue weighted by molar-refractivity contribution is 7.13. The number of aromatic nitrogens is 1. The first kappa shape index (κ1) is 28.1. The maximum Gasteiger partial charge on any atom is 0.262 e. The minimum Gasteiger partial charge on any atom is -0.492 e.